The second-order valence-corrected chi connectivity index (χ2v) is 5.59. The molecule has 2 aromatic carbocycles. The van der Waals surface area contributed by atoms with Crippen molar-refractivity contribution in [1.82, 2.24) is 15.3 Å². The molecule has 0 fully saturated rings. The van der Waals surface area contributed by atoms with Crippen molar-refractivity contribution in [3.05, 3.63) is 84.2 Å². The van der Waals surface area contributed by atoms with Gasteiger partial charge in [0, 0.05) is 23.9 Å². The molecule has 0 aliphatic heterocycles. The van der Waals surface area contributed by atoms with Gasteiger partial charge in [-0.15, -0.1) is 12.4 Å². The summed E-state index contributed by atoms with van der Waals surface area (Å²) in [5.41, 5.74) is 4.17. The molecule has 120 valence electrons. The minimum absolute atomic E-state index is 0. The van der Waals surface area contributed by atoms with Crippen molar-refractivity contribution in [2.75, 3.05) is 0 Å². The molecular formula is C20H18ClN3. The normalized spacial score (nSPS) is 10.7. The molecule has 24 heavy (non-hydrogen) atoms. The van der Waals surface area contributed by atoms with Gasteiger partial charge in [-0.1, -0.05) is 48.5 Å². The third-order valence-corrected chi connectivity index (χ3v) is 3.92. The van der Waals surface area contributed by atoms with Crippen molar-refractivity contribution < 1.29 is 0 Å². The third kappa shape index (κ3) is 3.53. The van der Waals surface area contributed by atoms with Crippen molar-refractivity contribution >= 4 is 34.2 Å². The Bertz CT molecular complexity index is 889. The molecule has 0 saturated heterocycles. The second kappa shape index (κ2) is 7.39. The van der Waals surface area contributed by atoms with Gasteiger partial charge in [0.2, 0.25) is 0 Å². The third-order valence-electron chi connectivity index (χ3n) is 3.92. The van der Waals surface area contributed by atoms with Gasteiger partial charge < -0.3 is 5.32 Å². The van der Waals surface area contributed by atoms with Gasteiger partial charge in [-0.3, -0.25) is 9.97 Å². The molecular weight excluding hydrogens is 318 g/mol. The van der Waals surface area contributed by atoms with Crippen LogP contribution in [0.15, 0.2) is 72.8 Å². The van der Waals surface area contributed by atoms with Crippen LogP contribution in [0.1, 0.15) is 11.4 Å². The first-order chi connectivity index (χ1) is 11.4. The number of nitrogens with zero attached hydrogens (tertiary/aromatic N) is 2. The molecule has 0 radical (unpaired) electrons. The lowest BCUT2D eigenvalue weighted by molar-refractivity contribution is 0.671. The molecule has 4 aromatic rings. The summed E-state index contributed by atoms with van der Waals surface area (Å²) in [6, 6.07) is 24.7. The first-order valence-corrected chi connectivity index (χ1v) is 7.78. The van der Waals surface area contributed by atoms with Crippen LogP contribution in [0.5, 0.6) is 0 Å². The molecule has 0 bridgehead atoms. The molecule has 0 amide bonds. The molecule has 0 atom stereocenters. The Balaban J connectivity index is 0.00000169. The van der Waals surface area contributed by atoms with E-state index in [-0.39, 0.29) is 12.4 Å². The van der Waals surface area contributed by atoms with Crippen molar-refractivity contribution in [2.24, 2.45) is 0 Å². The molecule has 0 spiro atoms. The lowest BCUT2D eigenvalue weighted by Crippen LogP contribution is -2.14. The Morgan fingerprint density at radius 1 is 0.583 bits per heavy atom. The number of halogens is 1. The predicted octanol–water partition coefficient (Wildman–Crippen LogP) is 4.49. The molecule has 0 aliphatic carbocycles. The average Bonchev–Trinajstić information content (AvgIpc) is 2.61. The van der Waals surface area contributed by atoms with Crippen LogP contribution in [-0.4, -0.2) is 9.97 Å². The largest absolute Gasteiger partial charge is 0.306 e. The number of hydrogen-bond acceptors (Lipinski definition) is 3. The van der Waals surface area contributed by atoms with Crippen LogP contribution in [0.2, 0.25) is 0 Å². The van der Waals surface area contributed by atoms with Gasteiger partial charge in [-0.05, 0) is 24.3 Å². The van der Waals surface area contributed by atoms with Crippen molar-refractivity contribution in [3.63, 3.8) is 0 Å². The lowest BCUT2D eigenvalue weighted by atomic mass is 10.2. The highest BCUT2D eigenvalue weighted by atomic mass is 35.5. The highest BCUT2D eigenvalue weighted by molar-refractivity contribution is 5.85. The number of benzene rings is 2. The summed E-state index contributed by atoms with van der Waals surface area (Å²) in [5.74, 6) is 0. The number of aromatic nitrogens is 2. The van der Waals surface area contributed by atoms with E-state index in [0.717, 1.165) is 35.5 Å². The Morgan fingerprint density at radius 2 is 1.04 bits per heavy atom. The highest BCUT2D eigenvalue weighted by Crippen LogP contribution is 2.13. The van der Waals surface area contributed by atoms with E-state index < -0.39 is 0 Å². The number of para-hydroxylation sites is 2. The van der Waals surface area contributed by atoms with Crippen LogP contribution >= 0.6 is 12.4 Å². The lowest BCUT2D eigenvalue weighted by Gasteiger charge is -2.06. The van der Waals surface area contributed by atoms with E-state index in [1.165, 1.54) is 10.8 Å². The van der Waals surface area contributed by atoms with Gasteiger partial charge in [0.15, 0.2) is 0 Å². The zero-order chi connectivity index (χ0) is 15.5. The molecule has 0 saturated carbocycles. The summed E-state index contributed by atoms with van der Waals surface area (Å²) < 4.78 is 0. The molecule has 4 heteroatoms. The van der Waals surface area contributed by atoms with E-state index in [2.05, 4.69) is 51.7 Å². The fourth-order valence-corrected chi connectivity index (χ4v) is 2.73. The zero-order valence-electron chi connectivity index (χ0n) is 13.1. The van der Waals surface area contributed by atoms with E-state index in [4.69, 9.17) is 0 Å². The van der Waals surface area contributed by atoms with Crippen LogP contribution in [0.4, 0.5) is 0 Å². The standard InChI is InChI=1S/C20H17N3.ClH/c1-3-7-19-15(5-1)9-11-17(22-19)13-21-14-18-12-10-16-6-2-4-8-20(16)23-18;/h1-12,21H,13-14H2;1H. The maximum atomic E-state index is 4.67. The van der Waals surface area contributed by atoms with Crippen LogP contribution in [-0.2, 0) is 13.1 Å². The first-order valence-electron chi connectivity index (χ1n) is 7.78. The summed E-state index contributed by atoms with van der Waals surface area (Å²) in [4.78, 5) is 9.35. The number of pyridine rings is 2. The van der Waals surface area contributed by atoms with Gasteiger partial charge in [-0.2, -0.15) is 0 Å². The van der Waals surface area contributed by atoms with E-state index >= 15 is 0 Å². The molecule has 0 unspecified atom stereocenters. The smallest absolute Gasteiger partial charge is 0.0705 e. The van der Waals surface area contributed by atoms with Crippen molar-refractivity contribution in [3.8, 4) is 0 Å². The molecule has 2 heterocycles. The summed E-state index contributed by atoms with van der Waals surface area (Å²) in [6.07, 6.45) is 0. The quantitative estimate of drug-likeness (QED) is 0.597. The molecule has 3 nitrogen and oxygen atoms in total. The summed E-state index contributed by atoms with van der Waals surface area (Å²) >= 11 is 0. The fourth-order valence-electron chi connectivity index (χ4n) is 2.73. The van der Waals surface area contributed by atoms with Crippen molar-refractivity contribution in [2.45, 2.75) is 13.1 Å². The van der Waals surface area contributed by atoms with Gasteiger partial charge in [0.25, 0.3) is 0 Å². The van der Waals surface area contributed by atoms with Crippen LogP contribution < -0.4 is 5.32 Å². The SMILES string of the molecule is Cl.c1ccc2nc(CNCc3ccc4ccccc4n3)ccc2c1. The number of fused-ring (bicyclic) bond motifs is 2. The van der Waals surface area contributed by atoms with E-state index in [0.29, 0.717) is 0 Å². The Kier molecular flexibility index (Phi) is 5.04. The summed E-state index contributed by atoms with van der Waals surface area (Å²) in [6.45, 7) is 1.47. The summed E-state index contributed by atoms with van der Waals surface area (Å²) in [7, 11) is 0. The van der Waals surface area contributed by atoms with Gasteiger partial charge >= 0.3 is 0 Å². The summed E-state index contributed by atoms with van der Waals surface area (Å²) in [5, 5.41) is 5.77. The Hall–Kier alpha value is -2.49. The fraction of sp³-hybridized carbons (Fsp3) is 0.100. The highest BCUT2D eigenvalue weighted by Gasteiger charge is 2.00. The van der Waals surface area contributed by atoms with Gasteiger partial charge in [0.05, 0.1) is 22.4 Å². The zero-order valence-corrected chi connectivity index (χ0v) is 14.0. The molecule has 2 aromatic heterocycles. The maximum absolute atomic E-state index is 4.67. The van der Waals surface area contributed by atoms with Crippen LogP contribution in [0.3, 0.4) is 0 Å². The molecule has 1 N–H and O–H groups in total. The first kappa shape index (κ1) is 16.4. The minimum Gasteiger partial charge on any atom is -0.306 e. The number of hydrogen-bond donors (Lipinski definition) is 1. The van der Waals surface area contributed by atoms with Crippen LogP contribution in [0, 0.1) is 0 Å². The average molecular weight is 336 g/mol. The van der Waals surface area contributed by atoms with Gasteiger partial charge in [0.1, 0.15) is 0 Å². The number of nitrogens with one attached hydrogen (secondary N) is 1. The monoisotopic (exact) mass is 335 g/mol. The maximum Gasteiger partial charge on any atom is 0.0705 e. The molecule has 4 rings (SSSR count). The minimum atomic E-state index is 0. The van der Waals surface area contributed by atoms with E-state index in [9.17, 15) is 0 Å². The van der Waals surface area contributed by atoms with E-state index in [1.54, 1.807) is 0 Å². The Morgan fingerprint density at radius 3 is 1.54 bits per heavy atom. The van der Waals surface area contributed by atoms with Crippen molar-refractivity contribution in [1.29, 1.82) is 0 Å². The predicted molar refractivity (Wildman–Crippen MR) is 101 cm³/mol. The van der Waals surface area contributed by atoms with E-state index in [1.807, 2.05) is 36.4 Å². The Labute approximate surface area is 147 Å². The topological polar surface area (TPSA) is 37.8 Å². The van der Waals surface area contributed by atoms with Crippen LogP contribution in [0.25, 0.3) is 21.8 Å². The molecule has 0 aliphatic rings. The van der Waals surface area contributed by atoms with Gasteiger partial charge in [-0.25, -0.2) is 0 Å². The number of rotatable bonds is 4. The second-order valence-electron chi connectivity index (χ2n) is 5.59.